The molecule has 0 unspecified atom stereocenters. The number of fused-ring (bicyclic) bond motifs is 2. The number of anilines is 1. The van der Waals surface area contributed by atoms with Gasteiger partial charge in [-0.15, -0.1) is 0 Å². The molecule has 10 heteroatoms. The van der Waals surface area contributed by atoms with Crippen LogP contribution in [0.5, 0.6) is 0 Å². The van der Waals surface area contributed by atoms with Crippen molar-refractivity contribution in [3.05, 3.63) is 49.1 Å². The van der Waals surface area contributed by atoms with Crippen molar-refractivity contribution in [1.29, 1.82) is 0 Å². The normalized spacial score (nSPS) is 16.1. The van der Waals surface area contributed by atoms with Crippen LogP contribution in [0.2, 0.25) is 0 Å². The molecule has 1 aliphatic rings. The Hall–Kier alpha value is -3.95. The predicted octanol–water partition coefficient (Wildman–Crippen LogP) is 4.19. The second kappa shape index (κ2) is 7.04. The van der Waals surface area contributed by atoms with Gasteiger partial charge in [0.05, 0.1) is 10.9 Å². The summed E-state index contributed by atoms with van der Waals surface area (Å²) in [5.41, 5.74) is 4.55. The first-order chi connectivity index (χ1) is 15.6. The van der Waals surface area contributed by atoms with Crippen molar-refractivity contribution in [1.82, 2.24) is 35.1 Å². The highest BCUT2D eigenvalue weighted by Crippen LogP contribution is 2.34. The van der Waals surface area contributed by atoms with Gasteiger partial charge in [-0.3, -0.25) is 10.1 Å². The lowest BCUT2D eigenvalue weighted by Crippen LogP contribution is -2.39. The molecule has 0 saturated carbocycles. The maximum absolute atomic E-state index is 13.6. The highest BCUT2D eigenvalue weighted by Gasteiger charge is 2.35. The fourth-order valence-corrected chi connectivity index (χ4v) is 4.09. The number of rotatable bonds is 3. The van der Waals surface area contributed by atoms with Gasteiger partial charge < -0.3 is 9.88 Å². The zero-order valence-electron chi connectivity index (χ0n) is 16.9. The maximum Gasteiger partial charge on any atom is 0.251 e. The van der Waals surface area contributed by atoms with Crippen LogP contribution < -0.4 is 4.90 Å². The molecule has 2 N–H and O–H groups in total. The quantitative estimate of drug-likeness (QED) is 0.443. The van der Waals surface area contributed by atoms with Crippen molar-refractivity contribution in [2.24, 2.45) is 0 Å². The molecular weight excluding hydrogens is 414 g/mol. The molecule has 0 aromatic carbocycles. The van der Waals surface area contributed by atoms with Gasteiger partial charge in [-0.2, -0.15) is 5.10 Å². The molecule has 0 bridgehead atoms. The number of halogens is 2. The Balaban J connectivity index is 1.42. The average Bonchev–Trinajstić information content (AvgIpc) is 3.43. The van der Waals surface area contributed by atoms with E-state index >= 15 is 0 Å². The number of H-pyrrole nitrogens is 2. The smallest absolute Gasteiger partial charge is 0.251 e. The fourth-order valence-electron chi connectivity index (χ4n) is 4.09. The van der Waals surface area contributed by atoms with Crippen LogP contribution >= 0.6 is 0 Å². The standard InChI is InChI=1S/C22H18F2N8/c23-22(24)4-8-32(9-5-22)21-18-16(3-7-26-21)28-20(29-18)17-15-10-14(12-27-19(15)31-30-17)13-2-1-6-25-11-13/h1-3,6-7,10-12H,4-5,8-9H2,(H,28,29)(H,27,30,31). The number of nitrogens with one attached hydrogen (secondary N) is 2. The van der Waals surface area contributed by atoms with Gasteiger partial charge in [0.15, 0.2) is 17.3 Å². The lowest BCUT2D eigenvalue weighted by Gasteiger charge is -2.32. The topological polar surface area (TPSA) is 99.3 Å². The van der Waals surface area contributed by atoms with Gasteiger partial charge in [-0.25, -0.2) is 23.7 Å². The van der Waals surface area contributed by atoms with E-state index in [1.807, 2.05) is 29.2 Å². The first kappa shape index (κ1) is 18.8. The number of pyridine rings is 3. The molecule has 160 valence electrons. The van der Waals surface area contributed by atoms with E-state index in [-0.39, 0.29) is 25.9 Å². The molecule has 0 amide bonds. The number of imidazole rings is 1. The van der Waals surface area contributed by atoms with E-state index in [4.69, 9.17) is 4.98 Å². The van der Waals surface area contributed by atoms with Gasteiger partial charge in [-0.1, -0.05) is 6.07 Å². The van der Waals surface area contributed by atoms with Crippen LogP contribution in [-0.2, 0) is 0 Å². The summed E-state index contributed by atoms with van der Waals surface area (Å²) in [5, 5.41) is 8.19. The number of hydrogen-bond donors (Lipinski definition) is 2. The predicted molar refractivity (Wildman–Crippen MR) is 116 cm³/mol. The van der Waals surface area contributed by atoms with Crippen LogP contribution in [0.4, 0.5) is 14.6 Å². The largest absolute Gasteiger partial charge is 0.354 e. The Morgan fingerprint density at radius 2 is 1.88 bits per heavy atom. The highest BCUT2D eigenvalue weighted by molar-refractivity contribution is 5.95. The summed E-state index contributed by atoms with van der Waals surface area (Å²) >= 11 is 0. The third-order valence-electron chi connectivity index (χ3n) is 5.81. The van der Waals surface area contributed by atoms with E-state index in [1.165, 1.54) is 0 Å². The molecule has 5 aromatic heterocycles. The molecule has 0 spiro atoms. The van der Waals surface area contributed by atoms with Crippen LogP contribution in [0.25, 0.3) is 44.7 Å². The summed E-state index contributed by atoms with van der Waals surface area (Å²) in [6, 6.07) is 7.66. The lowest BCUT2D eigenvalue weighted by atomic mass is 10.1. The Morgan fingerprint density at radius 1 is 1.00 bits per heavy atom. The van der Waals surface area contributed by atoms with Crippen LogP contribution in [-0.4, -0.2) is 54.1 Å². The lowest BCUT2D eigenvalue weighted by molar-refractivity contribution is -0.0221. The molecule has 1 fully saturated rings. The van der Waals surface area contributed by atoms with Crippen molar-refractivity contribution in [2.45, 2.75) is 18.8 Å². The minimum atomic E-state index is -2.62. The number of hydrogen-bond acceptors (Lipinski definition) is 6. The zero-order valence-corrected chi connectivity index (χ0v) is 16.9. The van der Waals surface area contributed by atoms with E-state index in [2.05, 4.69) is 30.1 Å². The van der Waals surface area contributed by atoms with E-state index in [1.54, 1.807) is 24.8 Å². The fraction of sp³-hybridized carbons (Fsp3) is 0.227. The summed E-state index contributed by atoms with van der Waals surface area (Å²) in [7, 11) is 0. The monoisotopic (exact) mass is 432 g/mol. The second-order valence-corrected chi connectivity index (χ2v) is 7.89. The van der Waals surface area contributed by atoms with Crippen LogP contribution in [0.1, 0.15) is 12.8 Å². The molecule has 6 rings (SSSR count). The SMILES string of the molecule is FC1(F)CCN(c2nccc3[nH]c(-c4n[nH]c5ncc(-c6cccnc6)cc45)nc23)CC1. The maximum atomic E-state index is 13.6. The molecule has 1 saturated heterocycles. The van der Waals surface area contributed by atoms with Gasteiger partial charge in [0, 0.05) is 61.8 Å². The second-order valence-electron chi connectivity index (χ2n) is 7.89. The summed E-state index contributed by atoms with van der Waals surface area (Å²) in [6.45, 7) is 0.482. The van der Waals surface area contributed by atoms with E-state index in [0.29, 0.717) is 28.5 Å². The molecule has 32 heavy (non-hydrogen) atoms. The molecule has 1 aliphatic heterocycles. The summed E-state index contributed by atoms with van der Waals surface area (Å²) in [4.78, 5) is 23.0. The van der Waals surface area contributed by atoms with Gasteiger partial charge in [-0.05, 0) is 18.2 Å². The molecule has 0 radical (unpaired) electrons. The molecular formula is C22H18F2N8. The Morgan fingerprint density at radius 3 is 2.69 bits per heavy atom. The summed E-state index contributed by atoms with van der Waals surface area (Å²) in [6.07, 6.45) is 6.57. The number of nitrogens with zero attached hydrogens (tertiary/aromatic N) is 6. The van der Waals surface area contributed by atoms with Crippen molar-refractivity contribution < 1.29 is 8.78 Å². The van der Waals surface area contributed by atoms with Crippen molar-refractivity contribution >= 4 is 27.9 Å². The molecule has 0 aliphatic carbocycles. The molecule has 5 aromatic rings. The van der Waals surface area contributed by atoms with E-state index in [0.717, 1.165) is 22.0 Å². The first-order valence-corrected chi connectivity index (χ1v) is 10.3. The minimum absolute atomic E-state index is 0.185. The van der Waals surface area contributed by atoms with Crippen molar-refractivity contribution in [3.8, 4) is 22.6 Å². The Labute approximate surface area is 180 Å². The van der Waals surface area contributed by atoms with E-state index in [9.17, 15) is 8.78 Å². The third kappa shape index (κ3) is 3.15. The Kier molecular flexibility index (Phi) is 4.14. The molecule has 0 atom stereocenters. The average molecular weight is 432 g/mol. The molecule has 8 nitrogen and oxygen atoms in total. The van der Waals surface area contributed by atoms with Crippen LogP contribution in [0.3, 0.4) is 0 Å². The number of aromatic amines is 2. The summed E-state index contributed by atoms with van der Waals surface area (Å²) < 4.78 is 27.2. The first-order valence-electron chi connectivity index (χ1n) is 10.3. The van der Waals surface area contributed by atoms with Crippen molar-refractivity contribution in [3.63, 3.8) is 0 Å². The van der Waals surface area contributed by atoms with E-state index < -0.39 is 5.92 Å². The van der Waals surface area contributed by atoms with Crippen molar-refractivity contribution in [2.75, 3.05) is 18.0 Å². The van der Waals surface area contributed by atoms with Gasteiger partial charge in [0.25, 0.3) is 5.92 Å². The van der Waals surface area contributed by atoms with Gasteiger partial charge in [0.2, 0.25) is 0 Å². The van der Waals surface area contributed by atoms with Crippen LogP contribution in [0, 0.1) is 0 Å². The van der Waals surface area contributed by atoms with Gasteiger partial charge in [0.1, 0.15) is 11.2 Å². The zero-order chi connectivity index (χ0) is 21.7. The summed E-state index contributed by atoms with van der Waals surface area (Å²) in [5.74, 6) is -1.45. The third-order valence-corrected chi connectivity index (χ3v) is 5.81. The van der Waals surface area contributed by atoms with Gasteiger partial charge >= 0.3 is 0 Å². The molecule has 6 heterocycles. The highest BCUT2D eigenvalue weighted by atomic mass is 19.3. The number of aromatic nitrogens is 7. The van der Waals surface area contributed by atoms with Crippen LogP contribution in [0.15, 0.2) is 49.1 Å². The Bertz CT molecular complexity index is 1420. The number of piperidine rings is 1. The minimum Gasteiger partial charge on any atom is -0.354 e. The number of alkyl halides is 2.